The van der Waals surface area contributed by atoms with Gasteiger partial charge in [-0.25, -0.2) is 0 Å². The average Bonchev–Trinajstić information content (AvgIpc) is 2.58. The van der Waals surface area contributed by atoms with E-state index >= 15 is 0 Å². The van der Waals surface area contributed by atoms with E-state index in [2.05, 4.69) is 5.32 Å². The van der Waals surface area contributed by atoms with E-state index in [-0.39, 0.29) is 18.9 Å². The van der Waals surface area contributed by atoms with Crippen molar-refractivity contribution in [2.45, 2.75) is 12.8 Å². The highest BCUT2D eigenvalue weighted by Gasteiger charge is 2.09. The Morgan fingerprint density at radius 1 is 0.920 bits per heavy atom. The summed E-state index contributed by atoms with van der Waals surface area (Å²) in [5, 5.41) is 4.15. The highest BCUT2D eigenvalue weighted by Crippen LogP contribution is 2.22. The minimum atomic E-state index is -0.508. The van der Waals surface area contributed by atoms with Crippen molar-refractivity contribution in [2.75, 3.05) is 13.2 Å². The summed E-state index contributed by atoms with van der Waals surface area (Å²) >= 11 is 17.5. The number of carbonyl (C=O) groups excluding carboxylic acids is 2. The number of rotatable bonds is 7. The number of hydrogen-bond acceptors (Lipinski definition) is 3. The summed E-state index contributed by atoms with van der Waals surface area (Å²) in [6, 6.07) is 12.3. The lowest BCUT2D eigenvalue weighted by Gasteiger charge is -2.07. The summed E-state index contributed by atoms with van der Waals surface area (Å²) in [4.78, 5) is 23.4. The van der Waals surface area contributed by atoms with E-state index in [1.54, 1.807) is 30.3 Å². The fourth-order valence-corrected chi connectivity index (χ4v) is 2.51. The van der Waals surface area contributed by atoms with Crippen LogP contribution in [0, 0.1) is 0 Å². The number of carbonyl (C=O) groups is 2. The quantitative estimate of drug-likeness (QED) is 0.712. The van der Waals surface area contributed by atoms with Gasteiger partial charge in [-0.3, -0.25) is 9.59 Å². The number of amides is 1. The van der Waals surface area contributed by atoms with Gasteiger partial charge in [-0.2, -0.15) is 0 Å². The van der Waals surface area contributed by atoms with Gasteiger partial charge in [0.25, 0.3) is 5.91 Å². The van der Waals surface area contributed by atoms with Crippen LogP contribution in [-0.2, 0) is 27.2 Å². The van der Waals surface area contributed by atoms with Gasteiger partial charge in [0.2, 0.25) is 0 Å². The van der Waals surface area contributed by atoms with Gasteiger partial charge in [-0.1, -0.05) is 53.0 Å². The third-order valence-electron chi connectivity index (χ3n) is 3.35. The van der Waals surface area contributed by atoms with E-state index in [4.69, 9.17) is 39.5 Å². The molecule has 0 heterocycles. The minimum Gasteiger partial charge on any atom is -0.455 e. The Kier molecular flexibility index (Phi) is 7.56. The van der Waals surface area contributed by atoms with Gasteiger partial charge in [0.1, 0.15) is 0 Å². The molecule has 7 heteroatoms. The second-order valence-corrected chi connectivity index (χ2v) is 6.56. The van der Waals surface area contributed by atoms with E-state index in [1.165, 1.54) is 0 Å². The van der Waals surface area contributed by atoms with Crippen LogP contribution in [0.15, 0.2) is 42.5 Å². The molecule has 0 saturated carbocycles. The summed E-state index contributed by atoms with van der Waals surface area (Å²) in [5.74, 6) is -0.859. The number of nitrogens with one attached hydrogen (secondary N) is 1. The summed E-state index contributed by atoms with van der Waals surface area (Å²) in [6.07, 6.45) is 0.690. The maximum atomic E-state index is 11.7. The lowest BCUT2D eigenvalue weighted by molar-refractivity contribution is -0.147. The highest BCUT2D eigenvalue weighted by molar-refractivity contribution is 6.42. The maximum Gasteiger partial charge on any atom is 0.310 e. The molecular formula is C18H16Cl3NO3. The van der Waals surface area contributed by atoms with Crippen molar-refractivity contribution < 1.29 is 14.3 Å². The second kappa shape index (κ2) is 9.66. The maximum absolute atomic E-state index is 11.7. The topological polar surface area (TPSA) is 55.4 Å². The smallest absolute Gasteiger partial charge is 0.310 e. The lowest BCUT2D eigenvalue weighted by Crippen LogP contribution is -2.30. The van der Waals surface area contributed by atoms with Crippen molar-refractivity contribution in [3.05, 3.63) is 68.7 Å². The first-order valence-corrected chi connectivity index (χ1v) is 8.68. The van der Waals surface area contributed by atoms with E-state index < -0.39 is 5.97 Å². The van der Waals surface area contributed by atoms with Crippen LogP contribution < -0.4 is 5.32 Å². The van der Waals surface area contributed by atoms with Crippen LogP contribution in [0.5, 0.6) is 0 Å². The van der Waals surface area contributed by atoms with Crippen LogP contribution in [0.4, 0.5) is 0 Å². The Hall–Kier alpha value is -1.75. The van der Waals surface area contributed by atoms with Crippen LogP contribution in [0.25, 0.3) is 0 Å². The van der Waals surface area contributed by atoms with Gasteiger partial charge < -0.3 is 10.1 Å². The first-order chi connectivity index (χ1) is 11.9. The van der Waals surface area contributed by atoms with Crippen LogP contribution in [0.1, 0.15) is 11.1 Å². The van der Waals surface area contributed by atoms with Crippen LogP contribution in [0.2, 0.25) is 15.1 Å². The van der Waals surface area contributed by atoms with Gasteiger partial charge in [0.05, 0.1) is 16.5 Å². The standard InChI is InChI=1S/C18H16Cl3NO3/c19-14-4-1-12(2-5-14)7-8-22-17(23)11-25-18(24)10-13-3-6-15(20)16(21)9-13/h1-6,9H,7-8,10-11H2,(H,22,23). The molecule has 4 nitrogen and oxygen atoms in total. The molecule has 0 radical (unpaired) electrons. The largest absolute Gasteiger partial charge is 0.455 e. The fraction of sp³-hybridized carbons (Fsp3) is 0.222. The molecule has 1 N–H and O–H groups in total. The van der Waals surface area contributed by atoms with Crippen LogP contribution in [0.3, 0.4) is 0 Å². The Labute approximate surface area is 161 Å². The predicted molar refractivity (Wildman–Crippen MR) is 99.3 cm³/mol. The molecule has 0 aliphatic rings. The summed E-state index contributed by atoms with van der Waals surface area (Å²) in [7, 11) is 0. The highest BCUT2D eigenvalue weighted by atomic mass is 35.5. The monoisotopic (exact) mass is 399 g/mol. The van der Waals surface area contributed by atoms with Gasteiger partial charge in [0.15, 0.2) is 6.61 Å². The molecule has 0 saturated heterocycles. The lowest BCUT2D eigenvalue weighted by atomic mass is 10.1. The van der Waals surface area contributed by atoms with Gasteiger partial charge in [0, 0.05) is 11.6 Å². The first-order valence-electron chi connectivity index (χ1n) is 7.55. The first kappa shape index (κ1) is 19.6. The number of esters is 1. The fourth-order valence-electron chi connectivity index (χ4n) is 2.06. The Morgan fingerprint density at radius 2 is 1.60 bits per heavy atom. The third-order valence-corrected chi connectivity index (χ3v) is 4.34. The Bertz CT molecular complexity index is 748. The van der Waals surface area contributed by atoms with Crippen LogP contribution in [-0.4, -0.2) is 25.0 Å². The van der Waals surface area contributed by atoms with Gasteiger partial charge >= 0.3 is 5.97 Å². The third kappa shape index (κ3) is 6.94. The van der Waals surface area contributed by atoms with Crippen LogP contribution >= 0.6 is 34.8 Å². The Balaban J connectivity index is 1.67. The van der Waals surface area contributed by atoms with Gasteiger partial charge in [-0.05, 0) is 41.8 Å². The molecule has 0 atom stereocenters. The molecule has 0 aliphatic carbocycles. The molecular weight excluding hydrogens is 385 g/mol. The van der Waals surface area contributed by atoms with Crippen molar-refractivity contribution in [1.82, 2.24) is 5.32 Å². The number of halogens is 3. The molecule has 0 bridgehead atoms. The van der Waals surface area contributed by atoms with Crippen molar-refractivity contribution >= 4 is 46.7 Å². The number of benzene rings is 2. The summed E-state index contributed by atoms with van der Waals surface area (Å²) < 4.78 is 4.95. The van der Waals surface area contributed by atoms with Crippen molar-refractivity contribution in [1.29, 1.82) is 0 Å². The van der Waals surface area contributed by atoms with Crippen molar-refractivity contribution in [2.24, 2.45) is 0 Å². The zero-order chi connectivity index (χ0) is 18.2. The van der Waals surface area contributed by atoms with Crippen molar-refractivity contribution in [3.8, 4) is 0 Å². The number of hydrogen-bond donors (Lipinski definition) is 1. The normalized spacial score (nSPS) is 10.4. The molecule has 0 unspecified atom stereocenters. The predicted octanol–water partition coefficient (Wildman–Crippen LogP) is 4.09. The summed E-state index contributed by atoms with van der Waals surface area (Å²) in [6.45, 7) is 0.131. The molecule has 1 amide bonds. The molecule has 0 spiro atoms. The average molecular weight is 401 g/mol. The molecule has 2 aromatic rings. The van der Waals surface area contributed by atoms with Gasteiger partial charge in [-0.15, -0.1) is 0 Å². The Morgan fingerprint density at radius 3 is 2.28 bits per heavy atom. The second-order valence-electron chi connectivity index (χ2n) is 5.31. The van der Waals surface area contributed by atoms with E-state index in [1.807, 2.05) is 12.1 Å². The zero-order valence-corrected chi connectivity index (χ0v) is 15.5. The van der Waals surface area contributed by atoms with E-state index in [0.717, 1.165) is 5.56 Å². The minimum absolute atomic E-state index is 0.0228. The molecule has 0 fully saturated rings. The summed E-state index contributed by atoms with van der Waals surface area (Å²) in [5.41, 5.74) is 1.73. The zero-order valence-electron chi connectivity index (χ0n) is 13.2. The molecule has 0 aliphatic heterocycles. The van der Waals surface area contributed by atoms with Crippen molar-refractivity contribution in [3.63, 3.8) is 0 Å². The molecule has 2 rings (SSSR count). The number of ether oxygens (including phenoxy) is 1. The van der Waals surface area contributed by atoms with E-state index in [9.17, 15) is 9.59 Å². The molecule has 25 heavy (non-hydrogen) atoms. The SMILES string of the molecule is O=C(COC(=O)Cc1ccc(Cl)c(Cl)c1)NCCc1ccc(Cl)cc1. The molecule has 2 aromatic carbocycles. The molecule has 132 valence electrons. The molecule has 0 aromatic heterocycles. The van der Waals surface area contributed by atoms with E-state index in [0.29, 0.717) is 33.6 Å².